The van der Waals surface area contributed by atoms with Gasteiger partial charge in [-0.05, 0) is 70.9 Å². The smallest absolute Gasteiger partial charge is 0.270 e. The zero-order chi connectivity index (χ0) is 19.7. The van der Waals surface area contributed by atoms with Crippen LogP contribution in [0.3, 0.4) is 0 Å². The Kier molecular flexibility index (Phi) is 5.19. The second-order valence-corrected chi connectivity index (χ2v) is 8.65. The molecule has 0 radical (unpaired) electrons. The van der Waals surface area contributed by atoms with E-state index in [1.54, 1.807) is 18.3 Å². The van der Waals surface area contributed by atoms with Crippen molar-refractivity contribution < 1.29 is 9.59 Å². The van der Waals surface area contributed by atoms with E-state index < -0.39 is 5.41 Å². The van der Waals surface area contributed by atoms with Crippen LogP contribution < -0.4 is 5.32 Å². The van der Waals surface area contributed by atoms with Gasteiger partial charge in [0.2, 0.25) is 0 Å². The Hall–Kier alpha value is -2.27. The summed E-state index contributed by atoms with van der Waals surface area (Å²) in [6.45, 7) is 2.04. The second kappa shape index (κ2) is 7.63. The Morgan fingerprint density at radius 1 is 1.14 bits per heavy atom. The Morgan fingerprint density at radius 3 is 2.68 bits per heavy atom. The summed E-state index contributed by atoms with van der Waals surface area (Å²) in [6, 6.07) is 13.3. The summed E-state index contributed by atoms with van der Waals surface area (Å²) in [4.78, 5) is 30.3. The van der Waals surface area contributed by atoms with Gasteiger partial charge in [-0.1, -0.05) is 43.2 Å². The second-order valence-electron chi connectivity index (χ2n) is 7.80. The standard InChI is InChI=1S/C23H23BrN2O2/c1-23(16-9-3-2-8-15(16)14-18(24)21(23)27)17-10-4-5-11-19(17)26-22(28)20-12-6-7-13-25-20/h2-3,6-9,12-14,17,19H,4-5,10-11H2,1H3,(H,26,28)/t17-,19+,23-/m0/s1. The highest BCUT2D eigenvalue weighted by atomic mass is 79.9. The SMILES string of the molecule is C[C@]1([C@H]2CCCC[C@H]2NC(=O)c2ccccn2)C(=O)C(Br)=Cc2ccccc21. The van der Waals surface area contributed by atoms with E-state index in [9.17, 15) is 9.59 Å². The molecule has 4 rings (SSSR count). The fraction of sp³-hybridized carbons (Fsp3) is 0.348. The van der Waals surface area contributed by atoms with Crippen molar-refractivity contribution in [3.05, 3.63) is 70.0 Å². The number of rotatable bonds is 3. The summed E-state index contributed by atoms with van der Waals surface area (Å²) >= 11 is 3.49. The predicted octanol–water partition coefficient (Wildman–Crippen LogP) is 4.65. The van der Waals surface area contributed by atoms with Gasteiger partial charge in [-0.2, -0.15) is 0 Å². The Labute approximate surface area is 173 Å². The lowest BCUT2D eigenvalue weighted by molar-refractivity contribution is -0.122. The zero-order valence-electron chi connectivity index (χ0n) is 15.8. The Bertz CT molecular complexity index is 941. The number of nitrogens with zero attached hydrogens (tertiary/aromatic N) is 1. The summed E-state index contributed by atoms with van der Waals surface area (Å²) in [5.74, 6) is -0.0498. The van der Waals surface area contributed by atoms with Gasteiger partial charge in [-0.25, -0.2) is 0 Å². The predicted molar refractivity (Wildman–Crippen MR) is 113 cm³/mol. The number of aromatic nitrogens is 1. The molecule has 2 aliphatic carbocycles. The molecule has 1 aromatic carbocycles. The third-order valence-electron chi connectivity index (χ3n) is 6.21. The molecule has 28 heavy (non-hydrogen) atoms. The Balaban J connectivity index is 1.70. The lowest BCUT2D eigenvalue weighted by Gasteiger charge is -2.45. The van der Waals surface area contributed by atoms with E-state index in [0.717, 1.165) is 36.8 Å². The molecule has 144 valence electrons. The molecular formula is C23H23BrN2O2. The van der Waals surface area contributed by atoms with Crippen LogP contribution in [-0.2, 0) is 10.2 Å². The van der Waals surface area contributed by atoms with E-state index in [1.807, 2.05) is 37.3 Å². The molecule has 2 aliphatic rings. The number of allylic oxidation sites excluding steroid dienone is 1. The minimum Gasteiger partial charge on any atom is -0.348 e. The number of carbonyl (C=O) groups excluding carboxylic acids is 2. The van der Waals surface area contributed by atoms with Crippen molar-refractivity contribution >= 4 is 33.7 Å². The molecule has 1 heterocycles. The number of Topliss-reactive ketones (excluding diaryl/α,β-unsaturated/α-hetero) is 1. The van der Waals surface area contributed by atoms with Crippen molar-refractivity contribution in [2.45, 2.75) is 44.1 Å². The van der Waals surface area contributed by atoms with Crippen molar-refractivity contribution in [3.8, 4) is 0 Å². The molecule has 1 aromatic heterocycles. The lowest BCUT2D eigenvalue weighted by Crippen LogP contribution is -2.54. The van der Waals surface area contributed by atoms with Gasteiger partial charge < -0.3 is 5.32 Å². The number of pyridine rings is 1. The third-order valence-corrected chi connectivity index (χ3v) is 6.80. The first-order valence-corrected chi connectivity index (χ1v) is 10.5. The number of fused-ring (bicyclic) bond motifs is 1. The molecule has 0 spiro atoms. The van der Waals surface area contributed by atoms with Crippen LogP contribution >= 0.6 is 15.9 Å². The average Bonchev–Trinajstić information content (AvgIpc) is 2.73. The maximum Gasteiger partial charge on any atom is 0.270 e. The van der Waals surface area contributed by atoms with Gasteiger partial charge in [0, 0.05) is 12.2 Å². The van der Waals surface area contributed by atoms with E-state index in [-0.39, 0.29) is 23.7 Å². The number of amides is 1. The van der Waals surface area contributed by atoms with Crippen LogP contribution in [0.25, 0.3) is 6.08 Å². The van der Waals surface area contributed by atoms with Gasteiger partial charge >= 0.3 is 0 Å². The molecule has 4 nitrogen and oxygen atoms in total. The first kappa shape index (κ1) is 19.1. The highest BCUT2D eigenvalue weighted by Crippen LogP contribution is 2.47. The summed E-state index contributed by atoms with van der Waals surface area (Å²) in [5, 5.41) is 3.19. The molecule has 2 aromatic rings. The van der Waals surface area contributed by atoms with Crippen LogP contribution in [-0.4, -0.2) is 22.7 Å². The van der Waals surface area contributed by atoms with Gasteiger partial charge in [0.15, 0.2) is 5.78 Å². The van der Waals surface area contributed by atoms with Crippen LogP contribution in [0.5, 0.6) is 0 Å². The van der Waals surface area contributed by atoms with Crippen molar-refractivity contribution in [1.82, 2.24) is 10.3 Å². The Morgan fingerprint density at radius 2 is 1.89 bits per heavy atom. The zero-order valence-corrected chi connectivity index (χ0v) is 17.4. The monoisotopic (exact) mass is 438 g/mol. The number of ketones is 1. The molecule has 1 saturated carbocycles. The quantitative estimate of drug-likeness (QED) is 0.758. The van der Waals surface area contributed by atoms with E-state index in [2.05, 4.69) is 32.3 Å². The van der Waals surface area contributed by atoms with Crippen LogP contribution in [0.1, 0.15) is 54.2 Å². The van der Waals surface area contributed by atoms with Crippen LogP contribution in [0.4, 0.5) is 0 Å². The molecule has 3 atom stereocenters. The van der Waals surface area contributed by atoms with Crippen molar-refractivity contribution in [2.75, 3.05) is 0 Å². The van der Waals surface area contributed by atoms with E-state index in [4.69, 9.17) is 0 Å². The normalized spacial score (nSPS) is 26.9. The summed E-state index contributed by atoms with van der Waals surface area (Å²) < 4.78 is 0.606. The number of carbonyl (C=O) groups is 2. The molecule has 5 heteroatoms. The maximum atomic E-state index is 13.4. The van der Waals surface area contributed by atoms with Crippen molar-refractivity contribution in [1.29, 1.82) is 0 Å². The van der Waals surface area contributed by atoms with Crippen molar-refractivity contribution in [2.24, 2.45) is 5.92 Å². The van der Waals surface area contributed by atoms with E-state index in [0.29, 0.717) is 10.2 Å². The number of hydrogen-bond donors (Lipinski definition) is 1. The number of hydrogen-bond acceptors (Lipinski definition) is 3. The lowest BCUT2D eigenvalue weighted by atomic mass is 9.60. The van der Waals surface area contributed by atoms with Crippen LogP contribution in [0.2, 0.25) is 0 Å². The fourth-order valence-corrected chi connectivity index (χ4v) is 5.43. The first-order chi connectivity index (χ1) is 13.5. The summed E-state index contributed by atoms with van der Waals surface area (Å²) in [5.41, 5.74) is 1.85. The molecule has 0 aliphatic heterocycles. The van der Waals surface area contributed by atoms with Crippen LogP contribution in [0.15, 0.2) is 53.1 Å². The fourth-order valence-electron chi connectivity index (χ4n) is 4.77. The highest BCUT2D eigenvalue weighted by molar-refractivity contribution is 9.12. The topological polar surface area (TPSA) is 59.1 Å². The highest BCUT2D eigenvalue weighted by Gasteiger charge is 2.50. The minimum atomic E-state index is -0.674. The largest absolute Gasteiger partial charge is 0.348 e. The third kappa shape index (κ3) is 3.22. The van der Waals surface area contributed by atoms with E-state index >= 15 is 0 Å². The molecule has 0 unspecified atom stereocenters. The number of benzene rings is 1. The molecule has 1 N–H and O–H groups in total. The summed E-state index contributed by atoms with van der Waals surface area (Å²) in [7, 11) is 0. The van der Waals surface area contributed by atoms with Gasteiger partial charge in [-0.3, -0.25) is 14.6 Å². The summed E-state index contributed by atoms with van der Waals surface area (Å²) in [6.07, 6.45) is 7.42. The van der Waals surface area contributed by atoms with Gasteiger partial charge in [0.1, 0.15) is 5.69 Å². The minimum absolute atomic E-state index is 0.0313. The van der Waals surface area contributed by atoms with Gasteiger partial charge in [0.25, 0.3) is 5.91 Å². The average molecular weight is 439 g/mol. The molecule has 0 saturated heterocycles. The van der Waals surface area contributed by atoms with Crippen molar-refractivity contribution in [3.63, 3.8) is 0 Å². The van der Waals surface area contributed by atoms with Gasteiger partial charge in [-0.15, -0.1) is 0 Å². The molecular weight excluding hydrogens is 416 g/mol. The molecule has 1 amide bonds. The maximum absolute atomic E-state index is 13.4. The van der Waals surface area contributed by atoms with E-state index in [1.165, 1.54) is 0 Å². The number of halogens is 1. The van der Waals surface area contributed by atoms with Gasteiger partial charge in [0.05, 0.1) is 9.90 Å². The first-order valence-electron chi connectivity index (χ1n) is 9.75. The molecule has 0 bridgehead atoms. The van der Waals surface area contributed by atoms with Crippen LogP contribution in [0, 0.1) is 5.92 Å². The molecule has 1 fully saturated rings. The number of nitrogens with one attached hydrogen (secondary N) is 1.